The Labute approximate surface area is 180 Å². The van der Waals surface area contributed by atoms with Gasteiger partial charge in [-0.15, -0.1) is 0 Å². The minimum atomic E-state index is -4.06. The van der Waals surface area contributed by atoms with Gasteiger partial charge in [0.15, 0.2) is 0 Å². The summed E-state index contributed by atoms with van der Waals surface area (Å²) < 4.78 is 32.6. The Morgan fingerprint density at radius 2 is 1.73 bits per heavy atom. The highest BCUT2D eigenvalue weighted by Gasteiger charge is 2.20. The maximum absolute atomic E-state index is 12.8. The lowest BCUT2D eigenvalue weighted by Crippen LogP contribution is -2.16. The number of rotatable bonds is 5. The van der Waals surface area contributed by atoms with Crippen LogP contribution in [0.25, 0.3) is 11.3 Å². The number of benzene rings is 2. The van der Waals surface area contributed by atoms with Crippen LogP contribution in [0.15, 0.2) is 47.4 Å². The Morgan fingerprint density at radius 3 is 2.43 bits per heavy atom. The third-order valence-electron chi connectivity index (χ3n) is 4.69. The van der Waals surface area contributed by atoms with Crippen molar-refractivity contribution in [1.29, 1.82) is 0 Å². The van der Waals surface area contributed by atoms with Gasteiger partial charge in [0.1, 0.15) is 5.15 Å². The summed E-state index contributed by atoms with van der Waals surface area (Å²) >= 11 is 6.16. The number of nitrogens with one attached hydrogen (secondary N) is 1. The third kappa shape index (κ3) is 4.44. The van der Waals surface area contributed by atoms with Crippen LogP contribution < -0.4 is 4.72 Å². The molecule has 1 N–H and O–H groups in total. The van der Waals surface area contributed by atoms with Gasteiger partial charge >= 0.3 is 5.97 Å². The monoisotopic (exact) mass is 445 g/mol. The molecule has 3 aromatic rings. The molecule has 0 saturated carbocycles. The molecular weight excluding hydrogens is 426 g/mol. The number of sulfonamides is 1. The molecule has 3 rings (SSSR count). The van der Waals surface area contributed by atoms with Crippen molar-refractivity contribution in [3.63, 3.8) is 0 Å². The molecule has 0 spiro atoms. The second kappa shape index (κ2) is 8.41. The molecule has 0 aliphatic carbocycles. The highest BCUT2D eigenvalue weighted by molar-refractivity contribution is 7.92. The predicted octanol–water partition coefficient (Wildman–Crippen LogP) is 4.31. The highest BCUT2D eigenvalue weighted by Crippen LogP contribution is 2.30. The zero-order valence-electron chi connectivity index (χ0n) is 16.9. The van der Waals surface area contributed by atoms with E-state index >= 15 is 0 Å². The van der Waals surface area contributed by atoms with E-state index in [4.69, 9.17) is 11.6 Å². The number of carbonyl (C=O) groups excluding carboxylic acids is 1. The lowest BCUT2D eigenvalue weighted by Gasteiger charge is -2.14. The Morgan fingerprint density at radius 1 is 1.03 bits per heavy atom. The Bertz CT molecular complexity index is 1240. The predicted molar refractivity (Wildman–Crippen MR) is 115 cm³/mol. The van der Waals surface area contributed by atoms with Gasteiger partial charge < -0.3 is 4.74 Å². The van der Waals surface area contributed by atoms with Crippen molar-refractivity contribution < 1.29 is 17.9 Å². The van der Waals surface area contributed by atoms with Gasteiger partial charge in [0.2, 0.25) is 5.95 Å². The molecule has 9 heteroatoms. The van der Waals surface area contributed by atoms with Crippen molar-refractivity contribution >= 4 is 33.5 Å². The number of ether oxygens (including phenoxy) is 1. The SMILES string of the molecule is COC(=O)c1cccc(S(=O)(=O)Nc2nc(Cl)cc(-c3c(C)ccc(C)c3C)n2)c1. The van der Waals surface area contributed by atoms with Crippen molar-refractivity contribution in [2.24, 2.45) is 0 Å². The molecule has 0 amide bonds. The van der Waals surface area contributed by atoms with Crippen molar-refractivity contribution in [3.8, 4) is 11.3 Å². The number of esters is 1. The fraction of sp³-hybridized carbons (Fsp3) is 0.190. The van der Waals surface area contributed by atoms with Crippen LogP contribution in [0.5, 0.6) is 0 Å². The zero-order valence-corrected chi connectivity index (χ0v) is 18.4. The Hall–Kier alpha value is -2.97. The molecule has 0 radical (unpaired) electrons. The number of aromatic nitrogens is 2. The summed E-state index contributed by atoms with van der Waals surface area (Å²) in [6.45, 7) is 5.90. The average molecular weight is 446 g/mol. The van der Waals surface area contributed by atoms with Crippen LogP contribution in [0, 0.1) is 20.8 Å². The molecule has 156 valence electrons. The van der Waals surface area contributed by atoms with Crippen molar-refractivity contribution in [2.45, 2.75) is 25.7 Å². The maximum Gasteiger partial charge on any atom is 0.337 e. The summed E-state index contributed by atoms with van der Waals surface area (Å²) in [5.41, 5.74) is 4.56. The number of carbonyl (C=O) groups is 1. The first-order valence-electron chi connectivity index (χ1n) is 8.95. The molecule has 30 heavy (non-hydrogen) atoms. The minimum Gasteiger partial charge on any atom is -0.465 e. The van der Waals surface area contributed by atoms with Gasteiger partial charge in [-0.1, -0.05) is 29.8 Å². The van der Waals surface area contributed by atoms with Gasteiger partial charge in [-0.25, -0.2) is 27.9 Å². The molecular formula is C21H20ClN3O4S. The van der Waals surface area contributed by atoms with Gasteiger partial charge in [0.25, 0.3) is 10.0 Å². The summed E-state index contributed by atoms with van der Waals surface area (Å²) in [5, 5.41) is 0.0984. The van der Waals surface area contributed by atoms with Crippen LogP contribution >= 0.6 is 11.6 Å². The molecule has 0 aliphatic rings. The summed E-state index contributed by atoms with van der Waals surface area (Å²) in [4.78, 5) is 20.0. The molecule has 0 atom stereocenters. The first-order valence-corrected chi connectivity index (χ1v) is 10.8. The zero-order chi connectivity index (χ0) is 22.1. The van der Waals surface area contributed by atoms with Crippen LogP contribution in [0.4, 0.5) is 5.95 Å². The van der Waals surface area contributed by atoms with Crippen LogP contribution in [-0.4, -0.2) is 31.5 Å². The van der Waals surface area contributed by atoms with Crippen molar-refractivity contribution in [2.75, 3.05) is 11.8 Å². The Kier molecular flexibility index (Phi) is 6.09. The first-order chi connectivity index (χ1) is 14.1. The summed E-state index contributed by atoms with van der Waals surface area (Å²) in [7, 11) is -2.84. The molecule has 2 aromatic carbocycles. The van der Waals surface area contributed by atoms with Crippen LogP contribution in [0.1, 0.15) is 27.0 Å². The normalized spacial score (nSPS) is 11.2. The van der Waals surface area contributed by atoms with Crippen LogP contribution in [-0.2, 0) is 14.8 Å². The summed E-state index contributed by atoms with van der Waals surface area (Å²) in [6, 6.07) is 11.0. The van der Waals surface area contributed by atoms with E-state index in [1.54, 1.807) is 6.07 Å². The standard InChI is InChI=1S/C21H20ClN3O4S/c1-12-8-9-13(2)19(14(12)3)17-11-18(22)24-21(23-17)25-30(27,28)16-7-5-6-15(10-16)20(26)29-4/h5-11H,1-4H3,(H,23,24,25). The van der Waals surface area contributed by atoms with Crippen LogP contribution in [0.2, 0.25) is 5.15 Å². The molecule has 0 bridgehead atoms. The van der Waals surface area contributed by atoms with E-state index in [2.05, 4.69) is 19.4 Å². The Balaban J connectivity index is 2.03. The van der Waals surface area contributed by atoms with E-state index < -0.39 is 16.0 Å². The molecule has 0 fully saturated rings. The van der Waals surface area contributed by atoms with Crippen molar-refractivity contribution in [1.82, 2.24) is 9.97 Å². The number of hydrogen-bond donors (Lipinski definition) is 1. The van der Waals surface area contributed by atoms with E-state index in [0.717, 1.165) is 22.3 Å². The maximum atomic E-state index is 12.8. The molecule has 7 nitrogen and oxygen atoms in total. The quantitative estimate of drug-likeness (QED) is 0.464. The second-order valence-electron chi connectivity index (χ2n) is 6.72. The van der Waals surface area contributed by atoms with Gasteiger partial charge in [-0.05, 0) is 55.7 Å². The van der Waals surface area contributed by atoms with Gasteiger partial charge in [0.05, 0.1) is 23.3 Å². The van der Waals surface area contributed by atoms with E-state index in [-0.39, 0.29) is 21.6 Å². The van der Waals surface area contributed by atoms with Gasteiger partial charge in [0, 0.05) is 11.6 Å². The number of aryl methyl sites for hydroxylation is 2. The molecule has 0 saturated heterocycles. The van der Waals surface area contributed by atoms with E-state index in [1.807, 2.05) is 32.9 Å². The minimum absolute atomic E-state index is 0.0984. The number of nitrogens with zero attached hydrogens (tertiary/aromatic N) is 2. The lowest BCUT2D eigenvalue weighted by atomic mass is 9.96. The third-order valence-corrected chi connectivity index (χ3v) is 6.21. The fourth-order valence-corrected chi connectivity index (χ4v) is 4.20. The molecule has 1 aromatic heterocycles. The topological polar surface area (TPSA) is 98.2 Å². The number of methoxy groups -OCH3 is 1. The smallest absolute Gasteiger partial charge is 0.337 e. The number of anilines is 1. The molecule has 1 heterocycles. The largest absolute Gasteiger partial charge is 0.465 e. The van der Waals surface area contributed by atoms with Gasteiger partial charge in [-0.3, -0.25) is 0 Å². The van der Waals surface area contributed by atoms with Crippen LogP contribution in [0.3, 0.4) is 0 Å². The van der Waals surface area contributed by atoms with Crippen molar-refractivity contribution in [3.05, 3.63) is 69.9 Å². The van der Waals surface area contributed by atoms with E-state index in [0.29, 0.717) is 5.69 Å². The molecule has 0 unspecified atom stereocenters. The van der Waals surface area contributed by atoms with E-state index in [9.17, 15) is 13.2 Å². The summed E-state index contributed by atoms with van der Waals surface area (Å²) in [6.07, 6.45) is 0. The first kappa shape index (κ1) is 21.7. The van der Waals surface area contributed by atoms with Gasteiger partial charge in [-0.2, -0.15) is 0 Å². The number of hydrogen-bond acceptors (Lipinski definition) is 6. The molecule has 0 aliphatic heterocycles. The van der Waals surface area contributed by atoms with E-state index in [1.165, 1.54) is 31.4 Å². The summed E-state index contributed by atoms with van der Waals surface area (Å²) in [5.74, 6) is -0.806. The second-order valence-corrected chi connectivity index (χ2v) is 8.79. The highest BCUT2D eigenvalue weighted by atomic mass is 35.5. The fourth-order valence-electron chi connectivity index (χ4n) is 3.02. The lowest BCUT2D eigenvalue weighted by molar-refractivity contribution is 0.0600. The average Bonchev–Trinajstić information content (AvgIpc) is 2.70. The number of halogens is 1.